The fraction of sp³-hybridized carbons (Fsp3) is 0.136. The SMILES string of the molecule is CCc1ccccc1Nc1ccc(NC(=O)COc2ccccc2)cc1. The van der Waals surface area contributed by atoms with Gasteiger partial charge in [0.2, 0.25) is 0 Å². The van der Waals surface area contributed by atoms with Crippen molar-refractivity contribution < 1.29 is 9.53 Å². The van der Waals surface area contributed by atoms with Gasteiger partial charge in [-0.1, -0.05) is 43.3 Å². The van der Waals surface area contributed by atoms with Gasteiger partial charge in [-0.3, -0.25) is 4.79 Å². The van der Waals surface area contributed by atoms with Crippen molar-refractivity contribution in [3.8, 4) is 5.75 Å². The maximum absolute atomic E-state index is 12.0. The van der Waals surface area contributed by atoms with Crippen molar-refractivity contribution >= 4 is 23.0 Å². The van der Waals surface area contributed by atoms with E-state index in [2.05, 4.69) is 29.7 Å². The Morgan fingerprint density at radius 2 is 1.50 bits per heavy atom. The first kappa shape index (κ1) is 17.5. The van der Waals surface area contributed by atoms with E-state index in [0.717, 1.165) is 23.5 Å². The lowest BCUT2D eigenvalue weighted by Crippen LogP contribution is -2.20. The monoisotopic (exact) mass is 346 g/mol. The van der Waals surface area contributed by atoms with Gasteiger partial charge in [0.15, 0.2) is 6.61 Å². The zero-order chi connectivity index (χ0) is 18.2. The molecule has 0 heterocycles. The summed E-state index contributed by atoms with van der Waals surface area (Å²) in [5.41, 5.74) is 4.08. The predicted molar refractivity (Wildman–Crippen MR) is 106 cm³/mol. The lowest BCUT2D eigenvalue weighted by Gasteiger charge is -2.12. The highest BCUT2D eigenvalue weighted by Gasteiger charge is 2.05. The molecule has 3 rings (SSSR count). The first-order chi connectivity index (χ1) is 12.7. The van der Waals surface area contributed by atoms with Crippen LogP contribution in [0.15, 0.2) is 78.9 Å². The minimum Gasteiger partial charge on any atom is -0.484 e. The van der Waals surface area contributed by atoms with Crippen molar-refractivity contribution in [3.63, 3.8) is 0 Å². The second-order valence-corrected chi connectivity index (χ2v) is 5.86. The summed E-state index contributed by atoms with van der Waals surface area (Å²) in [5, 5.41) is 6.25. The van der Waals surface area contributed by atoms with Crippen molar-refractivity contribution in [1.29, 1.82) is 0 Å². The van der Waals surface area contributed by atoms with Gasteiger partial charge in [0.25, 0.3) is 5.91 Å². The first-order valence-corrected chi connectivity index (χ1v) is 8.67. The molecule has 0 spiro atoms. The number of ether oxygens (including phenoxy) is 1. The number of para-hydroxylation sites is 2. The molecule has 2 N–H and O–H groups in total. The molecule has 0 saturated carbocycles. The van der Waals surface area contributed by atoms with Crippen molar-refractivity contribution in [3.05, 3.63) is 84.4 Å². The molecule has 4 heteroatoms. The van der Waals surface area contributed by atoms with Gasteiger partial charge in [0, 0.05) is 17.1 Å². The molecule has 0 saturated heterocycles. The topological polar surface area (TPSA) is 50.4 Å². The molecule has 26 heavy (non-hydrogen) atoms. The Morgan fingerprint density at radius 1 is 0.846 bits per heavy atom. The van der Waals surface area contributed by atoms with E-state index in [0.29, 0.717) is 5.75 Å². The van der Waals surface area contributed by atoms with Crippen molar-refractivity contribution in [2.45, 2.75) is 13.3 Å². The summed E-state index contributed by atoms with van der Waals surface area (Å²) in [6, 6.07) is 25.2. The predicted octanol–water partition coefficient (Wildman–Crippen LogP) is 5.01. The zero-order valence-electron chi connectivity index (χ0n) is 14.7. The maximum atomic E-state index is 12.0. The number of benzene rings is 3. The van der Waals surface area contributed by atoms with Gasteiger partial charge in [-0.2, -0.15) is 0 Å². The number of hydrogen-bond acceptors (Lipinski definition) is 3. The smallest absolute Gasteiger partial charge is 0.262 e. The normalized spacial score (nSPS) is 10.2. The van der Waals surface area contributed by atoms with Crippen molar-refractivity contribution in [2.75, 3.05) is 17.2 Å². The van der Waals surface area contributed by atoms with E-state index in [1.807, 2.05) is 66.7 Å². The van der Waals surface area contributed by atoms with Crippen LogP contribution in [0.4, 0.5) is 17.1 Å². The van der Waals surface area contributed by atoms with Crippen LogP contribution in [0.5, 0.6) is 5.75 Å². The van der Waals surface area contributed by atoms with Gasteiger partial charge < -0.3 is 15.4 Å². The quantitative estimate of drug-likeness (QED) is 0.632. The Labute approximate surface area is 153 Å². The Hall–Kier alpha value is -3.27. The summed E-state index contributed by atoms with van der Waals surface area (Å²) >= 11 is 0. The standard InChI is InChI=1S/C22H22N2O2/c1-2-17-8-6-7-11-21(17)23-18-12-14-19(15-13-18)24-22(25)16-26-20-9-4-3-5-10-20/h3-15,23H,2,16H2,1H3,(H,24,25). The minimum absolute atomic E-state index is 0.0200. The van der Waals surface area contributed by atoms with Crippen molar-refractivity contribution in [2.24, 2.45) is 0 Å². The Kier molecular flexibility index (Phi) is 5.88. The third kappa shape index (κ3) is 4.86. The van der Waals surface area contributed by atoms with Crippen LogP contribution in [0.3, 0.4) is 0 Å². The summed E-state index contributed by atoms with van der Waals surface area (Å²) in [6.45, 7) is 2.12. The zero-order valence-corrected chi connectivity index (χ0v) is 14.7. The fourth-order valence-corrected chi connectivity index (χ4v) is 2.61. The summed E-state index contributed by atoms with van der Waals surface area (Å²) < 4.78 is 5.44. The van der Waals surface area contributed by atoms with Gasteiger partial charge in [-0.15, -0.1) is 0 Å². The number of nitrogens with one attached hydrogen (secondary N) is 2. The molecule has 0 aliphatic heterocycles. The number of carbonyl (C=O) groups excluding carboxylic acids is 1. The third-order valence-electron chi connectivity index (χ3n) is 3.96. The van der Waals surface area contributed by atoms with E-state index >= 15 is 0 Å². The van der Waals surface area contributed by atoms with E-state index in [1.165, 1.54) is 5.56 Å². The molecule has 4 nitrogen and oxygen atoms in total. The summed E-state index contributed by atoms with van der Waals surface area (Å²) in [6.07, 6.45) is 0.971. The van der Waals surface area contributed by atoms with Crippen molar-refractivity contribution in [1.82, 2.24) is 0 Å². The average molecular weight is 346 g/mol. The molecule has 0 unspecified atom stereocenters. The number of amides is 1. The first-order valence-electron chi connectivity index (χ1n) is 8.67. The Balaban J connectivity index is 1.55. The summed E-state index contributed by atoms with van der Waals surface area (Å²) in [4.78, 5) is 12.0. The second-order valence-electron chi connectivity index (χ2n) is 5.86. The van der Waals surface area contributed by atoms with Gasteiger partial charge in [0.1, 0.15) is 5.75 Å². The molecular weight excluding hydrogens is 324 g/mol. The van der Waals surface area contributed by atoms with Crippen LogP contribution in [-0.2, 0) is 11.2 Å². The minimum atomic E-state index is -0.189. The van der Waals surface area contributed by atoms with Gasteiger partial charge in [-0.25, -0.2) is 0 Å². The van der Waals surface area contributed by atoms with Crippen LogP contribution < -0.4 is 15.4 Å². The van der Waals surface area contributed by atoms with Crippen LogP contribution in [0.1, 0.15) is 12.5 Å². The number of hydrogen-bond donors (Lipinski definition) is 2. The number of carbonyl (C=O) groups is 1. The molecule has 0 aromatic heterocycles. The van der Waals surface area contributed by atoms with E-state index in [9.17, 15) is 4.79 Å². The van der Waals surface area contributed by atoms with Crippen LogP contribution in [0.25, 0.3) is 0 Å². The van der Waals surface area contributed by atoms with E-state index in [-0.39, 0.29) is 12.5 Å². The summed E-state index contributed by atoms with van der Waals surface area (Å²) in [5.74, 6) is 0.489. The molecule has 3 aromatic rings. The largest absolute Gasteiger partial charge is 0.484 e. The molecule has 0 fully saturated rings. The molecule has 3 aromatic carbocycles. The number of anilines is 3. The van der Waals surface area contributed by atoms with Gasteiger partial charge in [0.05, 0.1) is 0 Å². The lowest BCUT2D eigenvalue weighted by molar-refractivity contribution is -0.118. The molecular formula is C22H22N2O2. The summed E-state index contributed by atoms with van der Waals surface area (Å²) in [7, 11) is 0. The lowest BCUT2D eigenvalue weighted by atomic mass is 10.1. The van der Waals surface area contributed by atoms with Crippen LogP contribution >= 0.6 is 0 Å². The Bertz CT molecular complexity index is 846. The highest BCUT2D eigenvalue weighted by Crippen LogP contribution is 2.22. The molecule has 0 aliphatic rings. The molecule has 132 valence electrons. The average Bonchev–Trinajstić information content (AvgIpc) is 2.69. The molecule has 0 aliphatic carbocycles. The Morgan fingerprint density at radius 3 is 2.23 bits per heavy atom. The van der Waals surface area contributed by atoms with Crippen LogP contribution in [0, 0.1) is 0 Å². The molecule has 0 atom stereocenters. The molecule has 0 bridgehead atoms. The fourth-order valence-electron chi connectivity index (χ4n) is 2.61. The van der Waals surface area contributed by atoms with Crippen LogP contribution in [0.2, 0.25) is 0 Å². The van der Waals surface area contributed by atoms with Gasteiger partial charge >= 0.3 is 0 Å². The molecule has 0 radical (unpaired) electrons. The number of rotatable bonds is 7. The van der Waals surface area contributed by atoms with Gasteiger partial charge in [-0.05, 0) is 54.4 Å². The van der Waals surface area contributed by atoms with Crippen LogP contribution in [-0.4, -0.2) is 12.5 Å². The van der Waals surface area contributed by atoms with E-state index in [4.69, 9.17) is 4.74 Å². The highest BCUT2D eigenvalue weighted by molar-refractivity contribution is 5.92. The van der Waals surface area contributed by atoms with E-state index < -0.39 is 0 Å². The third-order valence-corrected chi connectivity index (χ3v) is 3.96. The highest BCUT2D eigenvalue weighted by atomic mass is 16.5. The maximum Gasteiger partial charge on any atom is 0.262 e. The second kappa shape index (κ2) is 8.72. The van der Waals surface area contributed by atoms with E-state index in [1.54, 1.807) is 0 Å². The molecule has 1 amide bonds. The number of aryl methyl sites for hydroxylation is 1.